The number of nitrogens with one attached hydrogen (secondary N) is 2. The maximum atomic E-state index is 10.9. The second-order valence-corrected chi connectivity index (χ2v) is 7.19. The number of guanidine groups is 1. The molecule has 0 bridgehead atoms. The van der Waals surface area contributed by atoms with E-state index in [1.165, 1.54) is 0 Å². The Morgan fingerprint density at radius 2 is 2.00 bits per heavy atom. The van der Waals surface area contributed by atoms with Crippen molar-refractivity contribution in [2.75, 3.05) is 5.32 Å². The highest BCUT2D eigenvalue weighted by atomic mass is 16.5. The average molecular weight is 375 g/mol. The van der Waals surface area contributed by atoms with Crippen LogP contribution in [0.1, 0.15) is 36.6 Å². The Bertz CT molecular complexity index is 1000. The number of hydrogen-bond donors (Lipinski definition) is 3. The third-order valence-electron chi connectivity index (χ3n) is 4.61. The van der Waals surface area contributed by atoms with Crippen LogP contribution in [0.15, 0.2) is 47.5 Å². The number of aryl methyl sites for hydroxylation is 1. The molecule has 0 saturated carbocycles. The molecule has 0 aliphatic carbocycles. The normalized spacial score (nSPS) is 20.1. The topological polar surface area (TPSA) is 113 Å². The van der Waals surface area contributed by atoms with E-state index in [4.69, 9.17) is 10.00 Å². The molecule has 1 heterocycles. The van der Waals surface area contributed by atoms with E-state index in [0.717, 1.165) is 11.3 Å². The molecule has 7 nitrogen and oxygen atoms in total. The van der Waals surface area contributed by atoms with Gasteiger partial charge in [0.05, 0.1) is 17.7 Å². The molecule has 3 rings (SSSR count). The Hall–Kier alpha value is -3.55. The number of aliphatic imine (C=N–C) groups is 1. The lowest BCUT2D eigenvalue weighted by atomic mass is 9.86. The van der Waals surface area contributed by atoms with Crippen molar-refractivity contribution in [3.05, 3.63) is 59.2 Å². The second kappa shape index (κ2) is 7.59. The molecule has 0 saturated heterocycles. The number of nitriles is 2. The molecular formula is C21H21N5O2. The zero-order chi connectivity index (χ0) is 20.3. The summed E-state index contributed by atoms with van der Waals surface area (Å²) in [6, 6.07) is 14.1. The van der Waals surface area contributed by atoms with E-state index in [9.17, 15) is 10.4 Å². The first-order chi connectivity index (χ1) is 13.3. The van der Waals surface area contributed by atoms with Crippen molar-refractivity contribution in [1.82, 2.24) is 5.32 Å². The Morgan fingerprint density at radius 3 is 2.68 bits per heavy atom. The zero-order valence-corrected chi connectivity index (χ0v) is 15.9. The molecule has 28 heavy (non-hydrogen) atoms. The lowest BCUT2D eigenvalue weighted by Gasteiger charge is -2.42. The number of ether oxygens (including phenoxy) is 1. The average Bonchev–Trinajstić information content (AvgIpc) is 2.65. The van der Waals surface area contributed by atoms with Gasteiger partial charge in [0.2, 0.25) is 12.2 Å². The van der Waals surface area contributed by atoms with Gasteiger partial charge >= 0.3 is 0 Å². The number of rotatable bonds is 2. The van der Waals surface area contributed by atoms with Crippen LogP contribution < -0.4 is 15.4 Å². The highest BCUT2D eigenvalue weighted by Gasteiger charge is 2.43. The first kappa shape index (κ1) is 19.2. The largest absolute Gasteiger partial charge is 0.485 e. The van der Waals surface area contributed by atoms with Gasteiger partial charge < -0.3 is 20.5 Å². The first-order valence-electron chi connectivity index (χ1n) is 8.82. The van der Waals surface area contributed by atoms with Gasteiger partial charge in [0.15, 0.2) is 0 Å². The number of aliphatic hydroxyl groups excluding tert-OH is 1. The summed E-state index contributed by atoms with van der Waals surface area (Å²) < 4.78 is 5.91. The van der Waals surface area contributed by atoms with E-state index < -0.39 is 17.7 Å². The molecule has 3 N–H and O–H groups in total. The monoisotopic (exact) mass is 375 g/mol. The quantitative estimate of drug-likeness (QED) is 0.422. The maximum absolute atomic E-state index is 10.9. The summed E-state index contributed by atoms with van der Waals surface area (Å²) >= 11 is 0. The molecule has 1 aliphatic heterocycles. The Kier molecular flexibility index (Phi) is 5.21. The van der Waals surface area contributed by atoms with Gasteiger partial charge in [-0.25, -0.2) is 0 Å². The van der Waals surface area contributed by atoms with Gasteiger partial charge in [-0.15, -0.1) is 4.99 Å². The standard InChI is InChI=1S/C21H21N5O2/c1-13-5-4-6-15(9-13)25-20(24-12-23)26-18-16-10-14(11-22)7-8-17(16)28-21(2,3)19(18)27/h4-10,18-19,27H,1-3H3,(H2,24,25,26). The third kappa shape index (κ3) is 3.90. The van der Waals surface area contributed by atoms with Gasteiger partial charge in [-0.1, -0.05) is 12.1 Å². The van der Waals surface area contributed by atoms with Crippen molar-refractivity contribution < 1.29 is 9.84 Å². The molecule has 0 radical (unpaired) electrons. The molecule has 1 aliphatic rings. The van der Waals surface area contributed by atoms with Gasteiger partial charge in [-0.2, -0.15) is 10.5 Å². The smallest absolute Gasteiger partial charge is 0.212 e. The summed E-state index contributed by atoms with van der Waals surface area (Å²) in [6.07, 6.45) is 0.825. The minimum atomic E-state index is -0.947. The van der Waals surface area contributed by atoms with Crippen LogP contribution in [0.2, 0.25) is 0 Å². The number of aliphatic hydroxyl groups is 1. The Balaban J connectivity index is 1.97. The fourth-order valence-electron chi connectivity index (χ4n) is 3.18. The van der Waals surface area contributed by atoms with Crippen molar-refractivity contribution >= 4 is 11.6 Å². The van der Waals surface area contributed by atoms with Crippen LogP contribution in [0.25, 0.3) is 0 Å². The van der Waals surface area contributed by atoms with E-state index in [-0.39, 0.29) is 5.96 Å². The van der Waals surface area contributed by atoms with Crippen LogP contribution in [0.3, 0.4) is 0 Å². The molecule has 0 aromatic heterocycles. The second-order valence-electron chi connectivity index (χ2n) is 7.19. The van der Waals surface area contributed by atoms with E-state index in [2.05, 4.69) is 21.7 Å². The van der Waals surface area contributed by atoms with Gasteiger partial charge in [0.25, 0.3) is 0 Å². The molecule has 0 amide bonds. The van der Waals surface area contributed by atoms with Gasteiger partial charge in [0.1, 0.15) is 17.5 Å². The number of nitrogens with zero attached hydrogens (tertiary/aromatic N) is 3. The van der Waals surface area contributed by atoms with Crippen molar-refractivity contribution in [2.45, 2.75) is 38.5 Å². The highest BCUT2D eigenvalue weighted by molar-refractivity contribution is 5.94. The van der Waals surface area contributed by atoms with Crippen molar-refractivity contribution in [3.8, 4) is 18.0 Å². The molecular weight excluding hydrogens is 354 g/mol. The summed E-state index contributed by atoms with van der Waals surface area (Å²) in [6.45, 7) is 5.52. The Labute approximate surface area is 163 Å². The fourth-order valence-corrected chi connectivity index (χ4v) is 3.18. The number of fused-ring (bicyclic) bond motifs is 1. The van der Waals surface area contributed by atoms with Crippen molar-refractivity contribution in [3.63, 3.8) is 0 Å². The van der Waals surface area contributed by atoms with Crippen molar-refractivity contribution in [2.24, 2.45) is 4.99 Å². The van der Waals surface area contributed by atoms with Crippen molar-refractivity contribution in [1.29, 1.82) is 10.5 Å². The van der Waals surface area contributed by atoms with Crippen LogP contribution in [0, 0.1) is 29.7 Å². The molecule has 2 atom stereocenters. The van der Waals surface area contributed by atoms with Gasteiger partial charge in [0, 0.05) is 11.3 Å². The van der Waals surface area contributed by atoms with Crippen LogP contribution >= 0.6 is 0 Å². The third-order valence-corrected chi connectivity index (χ3v) is 4.61. The van der Waals surface area contributed by atoms with E-state index in [0.29, 0.717) is 16.9 Å². The SMILES string of the molecule is Cc1cccc(N/C(=N/C#N)NC2c3cc(C#N)ccc3OC(C)(C)C2O)c1. The van der Waals surface area contributed by atoms with E-state index >= 15 is 0 Å². The van der Waals surface area contributed by atoms with Crippen LogP contribution in [-0.2, 0) is 0 Å². The molecule has 2 unspecified atom stereocenters. The van der Waals surface area contributed by atoms with Gasteiger partial charge in [-0.3, -0.25) is 0 Å². The summed E-state index contributed by atoms with van der Waals surface area (Å²) in [5, 5.41) is 35.4. The number of anilines is 1. The summed E-state index contributed by atoms with van der Waals surface area (Å²) in [5.41, 5.74) is 2.01. The predicted octanol–water partition coefficient (Wildman–Crippen LogP) is 2.98. The highest BCUT2D eigenvalue weighted by Crippen LogP contribution is 2.40. The summed E-state index contributed by atoms with van der Waals surface area (Å²) in [7, 11) is 0. The van der Waals surface area contributed by atoms with Crippen LogP contribution in [0.4, 0.5) is 5.69 Å². The Morgan fingerprint density at radius 1 is 1.21 bits per heavy atom. The minimum absolute atomic E-state index is 0.197. The number of benzene rings is 2. The summed E-state index contributed by atoms with van der Waals surface area (Å²) in [4.78, 5) is 3.82. The molecule has 2 aromatic carbocycles. The van der Waals surface area contributed by atoms with E-state index in [1.54, 1.807) is 38.2 Å². The van der Waals surface area contributed by atoms with E-state index in [1.807, 2.05) is 31.2 Å². The summed E-state index contributed by atoms with van der Waals surface area (Å²) in [5.74, 6) is 0.766. The van der Waals surface area contributed by atoms with Crippen LogP contribution in [0.5, 0.6) is 5.75 Å². The number of hydrogen-bond acceptors (Lipinski definition) is 5. The molecule has 7 heteroatoms. The molecule has 0 spiro atoms. The zero-order valence-electron chi connectivity index (χ0n) is 15.9. The maximum Gasteiger partial charge on any atom is 0.212 e. The predicted molar refractivity (Wildman–Crippen MR) is 106 cm³/mol. The lowest BCUT2D eigenvalue weighted by molar-refractivity contribution is -0.0610. The van der Waals surface area contributed by atoms with Gasteiger partial charge in [-0.05, 0) is 56.7 Å². The van der Waals surface area contributed by atoms with Crippen LogP contribution in [-0.4, -0.2) is 22.8 Å². The minimum Gasteiger partial charge on any atom is -0.485 e. The lowest BCUT2D eigenvalue weighted by Crippen LogP contribution is -2.54. The molecule has 142 valence electrons. The first-order valence-corrected chi connectivity index (χ1v) is 8.82. The molecule has 2 aromatic rings. The fraction of sp³-hybridized carbons (Fsp3) is 0.286. The molecule has 0 fully saturated rings.